The van der Waals surface area contributed by atoms with Gasteiger partial charge in [-0.2, -0.15) is 4.31 Å². The molecule has 0 radical (unpaired) electrons. The lowest BCUT2D eigenvalue weighted by atomic mass is 10.00. The molecule has 26 heavy (non-hydrogen) atoms. The first-order valence-electron chi connectivity index (χ1n) is 8.10. The molecule has 2 aromatic rings. The summed E-state index contributed by atoms with van der Waals surface area (Å²) in [5.74, 6) is -0.833. The van der Waals surface area contributed by atoms with Crippen molar-refractivity contribution in [3.8, 4) is 5.75 Å². The minimum atomic E-state index is -3.63. The second-order valence-corrected chi connectivity index (χ2v) is 8.79. The van der Waals surface area contributed by atoms with Gasteiger partial charge in [-0.3, -0.25) is 4.79 Å². The highest BCUT2D eigenvalue weighted by Gasteiger charge is 2.34. The molecule has 0 spiro atoms. The highest BCUT2D eigenvalue weighted by Crippen LogP contribution is 2.30. The van der Waals surface area contributed by atoms with E-state index >= 15 is 0 Å². The summed E-state index contributed by atoms with van der Waals surface area (Å²) in [6.45, 7) is 0.462. The lowest BCUT2D eigenvalue weighted by Crippen LogP contribution is -2.43. The number of ether oxygens (including phenoxy) is 1. The van der Waals surface area contributed by atoms with Gasteiger partial charge in [0.25, 0.3) is 0 Å². The summed E-state index contributed by atoms with van der Waals surface area (Å²) in [5, 5.41) is 0.669. The van der Waals surface area contributed by atoms with Crippen LogP contribution in [-0.4, -0.2) is 31.8 Å². The molecule has 1 atom stereocenters. The maximum atomic E-state index is 12.7. The number of halogens is 2. The number of rotatable bonds is 4. The van der Waals surface area contributed by atoms with Crippen molar-refractivity contribution >= 4 is 39.2 Å². The number of benzene rings is 2. The van der Waals surface area contributed by atoms with E-state index in [1.54, 1.807) is 36.4 Å². The Hall–Kier alpha value is -1.60. The highest BCUT2D eigenvalue weighted by molar-refractivity contribution is 7.89. The molecule has 1 fully saturated rings. The van der Waals surface area contributed by atoms with Crippen molar-refractivity contribution in [3.05, 3.63) is 58.6 Å². The number of carbonyl (C=O) groups is 1. The van der Waals surface area contributed by atoms with Crippen LogP contribution >= 0.6 is 23.2 Å². The molecule has 3 rings (SSSR count). The molecule has 0 aliphatic carbocycles. The van der Waals surface area contributed by atoms with E-state index in [-0.39, 0.29) is 22.2 Å². The summed E-state index contributed by atoms with van der Waals surface area (Å²) < 4.78 is 32.2. The van der Waals surface area contributed by atoms with Crippen LogP contribution in [0.25, 0.3) is 0 Å². The zero-order valence-electron chi connectivity index (χ0n) is 13.8. The predicted octanol–water partition coefficient (Wildman–Crippen LogP) is 4.00. The van der Waals surface area contributed by atoms with Crippen LogP contribution in [0.4, 0.5) is 0 Å². The van der Waals surface area contributed by atoms with E-state index in [2.05, 4.69) is 0 Å². The highest BCUT2D eigenvalue weighted by atomic mass is 35.5. The number of carbonyl (C=O) groups excluding carboxylic acids is 1. The van der Waals surface area contributed by atoms with Gasteiger partial charge in [-0.15, -0.1) is 0 Å². The van der Waals surface area contributed by atoms with Gasteiger partial charge in [0.05, 0.1) is 15.8 Å². The van der Waals surface area contributed by atoms with E-state index < -0.39 is 21.9 Å². The zero-order valence-corrected chi connectivity index (χ0v) is 16.1. The molecule has 0 amide bonds. The molecule has 1 aliphatic rings. The Bertz CT molecular complexity index is 903. The number of hydrogen-bond donors (Lipinski definition) is 0. The Morgan fingerprint density at radius 1 is 1.12 bits per heavy atom. The molecule has 0 aromatic heterocycles. The Morgan fingerprint density at radius 2 is 1.85 bits per heavy atom. The molecule has 2 aromatic carbocycles. The number of nitrogens with zero attached hydrogens (tertiary/aromatic N) is 1. The Labute approximate surface area is 162 Å². The molecule has 138 valence electrons. The summed E-state index contributed by atoms with van der Waals surface area (Å²) in [6.07, 6.45) is 1.14. The van der Waals surface area contributed by atoms with E-state index in [9.17, 15) is 13.2 Å². The van der Waals surface area contributed by atoms with Crippen molar-refractivity contribution < 1.29 is 17.9 Å². The van der Waals surface area contributed by atoms with E-state index in [1.807, 2.05) is 0 Å². The number of esters is 1. The van der Waals surface area contributed by atoms with Crippen molar-refractivity contribution in [2.45, 2.75) is 17.7 Å². The van der Waals surface area contributed by atoms with Crippen LogP contribution in [-0.2, 0) is 14.8 Å². The van der Waals surface area contributed by atoms with Crippen molar-refractivity contribution in [1.29, 1.82) is 0 Å². The van der Waals surface area contributed by atoms with Crippen LogP contribution in [0, 0.1) is 5.92 Å². The van der Waals surface area contributed by atoms with Gasteiger partial charge in [-0.25, -0.2) is 8.42 Å². The first-order valence-corrected chi connectivity index (χ1v) is 10.3. The Morgan fingerprint density at radius 3 is 2.54 bits per heavy atom. The molecular formula is C18H17Cl2NO4S. The molecule has 8 heteroatoms. The van der Waals surface area contributed by atoms with Crippen LogP contribution in [0.2, 0.25) is 10.0 Å². The first-order chi connectivity index (χ1) is 12.4. The lowest BCUT2D eigenvalue weighted by molar-refractivity contribution is -0.140. The molecule has 1 saturated heterocycles. The molecule has 0 N–H and O–H groups in total. The average molecular weight is 414 g/mol. The summed E-state index contributed by atoms with van der Waals surface area (Å²) in [7, 11) is -3.63. The summed E-state index contributed by atoms with van der Waals surface area (Å²) in [4.78, 5) is 12.7. The van der Waals surface area contributed by atoms with Gasteiger partial charge in [0, 0.05) is 18.1 Å². The smallest absolute Gasteiger partial charge is 0.315 e. The van der Waals surface area contributed by atoms with Crippen LogP contribution in [0.1, 0.15) is 12.8 Å². The average Bonchev–Trinajstić information content (AvgIpc) is 2.65. The van der Waals surface area contributed by atoms with Gasteiger partial charge in [0.2, 0.25) is 10.0 Å². The van der Waals surface area contributed by atoms with Gasteiger partial charge in [0.15, 0.2) is 0 Å². The fourth-order valence-corrected chi connectivity index (χ4v) is 4.84. The van der Waals surface area contributed by atoms with E-state index in [0.717, 1.165) is 0 Å². The number of hydrogen-bond acceptors (Lipinski definition) is 4. The fraction of sp³-hybridized carbons (Fsp3) is 0.278. The van der Waals surface area contributed by atoms with Crippen LogP contribution in [0.5, 0.6) is 5.75 Å². The second-order valence-electron chi connectivity index (χ2n) is 6.01. The molecule has 5 nitrogen and oxygen atoms in total. The third-order valence-corrected chi connectivity index (χ3v) is 6.61. The standard InChI is InChI=1S/C18H17Cl2NO4S/c19-14-8-9-17(16(20)11-14)25-18(22)13-5-4-10-21(12-13)26(23,24)15-6-2-1-3-7-15/h1-3,6-9,11,13H,4-5,10,12H2. The fourth-order valence-electron chi connectivity index (χ4n) is 2.84. The number of sulfonamides is 1. The van der Waals surface area contributed by atoms with Gasteiger partial charge < -0.3 is 4.74 Å². The molecular weight excluding hydrogens is 397 g/mol. The topological polar surface area (TPSA) is 63.7 Å². The Balaban J connectivity index is 1.73. The SMILES string of the molecule is O=C(Oc1ccc(Cl)cc1Cl)C1CCCN(S(=O)(=O)c2ccccc2)C1. The molecule has 0 bridgehead atoms. The third kappa shape index (κ3) is 4.20. The predicted molar refractivity (Wildman–Crippen MR) is 100 cm³/mol. The van der Waals surface area contributed by atoms with Crippen molar-refractivity contribution in [2.24, 2.45) is 5.92 Å². The van der Waals surface area contributed by atoms with Crippen LogP contribution in [0.3, 0.4) is 0 Å². The van der Waals surface area contributed by atoms with Crippen molar-refractivity contribution in [1.82, 2.24) is 4.31 Å². The molecule has 1 unspecified atom stereocenters. The monoisotopic (exact) mass is 413 g/mol. The van der Waals surface area contributed by atoms with Gasteiger partial charge in [0.1, 0.15) is 5.75 Å². The Kier molecular flexibility index (Phi) is 5.87. The van der Waals surface area contributed by atoms with E-state index in [0.29, 0.717) is 24.4 Å². The number of piperidine rings is 1. The maximum Gasteiger partial charge on any atom is 0.315 e. The maximum absolute atomic E-state index is 12.7. The van der Waals surface area contributed by atoms with E-state index in [4.69, 9.17) is 27.9 Å². The summed E-state index contributed by atoms with van der Waals surface area (Å²) in [6, 6.07) is 12.8. The first kappa shape index (κ1) is 19.2. The van der Waals surface area contributed by atoms with Crippen molar-refractivity contribution in [3.63, 3.8) is 0 Å². The molecule has 1 aliphatic heterocycles. The van der Waals surface area contributed by atoms with Gasteiger partial charge in [-0.05, 0) is 43.2 Å². The molecule has 0 saturated carbocycles. The van der Waals surface area contributed by atoms with Crippen LogP contribution < -0.4 is 4.74 Å². The zero-order chi connectivity index (χ0) is 18.7. The van der Waals surface area contributed by atoms with E-state index in [1.165, 1.54) is 16.4 Å². The molecule has 1 heterocycles. The normalized spacial score (nSPS) is 18.5. The summed E-state index contributed by atoms with van der Waals surface area (Å²) >= 11 is 11.9. The largest absolute Gasteiger partial charge is 0.425 e. The quantitative estimate of drug-likeness (QED) is 0.561. The van der Waals surface area contributed by atoms with Crippen LogP contribution in [0.15, 0.2) is 53.4 Å². The van der Waals surface area contributed by atoms with Gasteiger partial charge in [-0.1, -0.05) is 41.4 Å². The third-order valence-electron chi connectivity index (χ3n) is 4.20. The minimum absolute atomic E-state index is 0.0846. The lowest BCUT2D eigenvalue weighted by Gasteiger charge is -2.30. The van der Waals surface area contributed by atoms with Crippen molar-refractivity contribution in [2.75, 3.05) is 13.1 Å². The minimum Gasteiger partial charge on any atom is -0.425 e. The summed E-state index contributed by atoms with van der Waals surface area (Å²) in [5.41, 5.74) is 0. The second kappa shape index (κ2) is 7.96. The van der Waals surface area contributed by atoms with Gasteiger partial charge >= 0.3 is 5.97 Å².